The van der Waals surface area contributed by atoms with Gasteiger partial charge < -0.3 is 4.57 Å². The van der Waals surface area contributed by atoms with Crippen molar-refractivity contribution in [2.24, 2.45) is 5.92 Å². The summed E-state index contributed by atoms with van der Waals surface area (Å²) in [5, 5.41) is 11.7. The Labute approximate surface area is 179 Å². The van der Waals surface area contributed by atoms with Crippen LogP contribution < -0.4 is 0 Å². The first-order chi connectivity index (χ1) is 14.9. The molecule has 0 saturated carbocycles. The van der Waals surface area contributed by atoms with Crippen LogP contribution in [0.5, 0.6) is 0 Å². The highest BCUT2D eigenvalue weighted by Gasteiger charge is 2.38. The molecule has 2 aromatic carbocycles. The summed E-state index contributed by atoms with van der Waals surface area (Å²) in [7, 11) is -3.73. The second-order valence-corrected chi connectivity index (χ2v) is 9.97. The number of aromatic amines is 1. The standard InChI is InChI=1S/C22H22FN5O2S/c1-15-9-16(14-28(15)31(29,30)20-4-2-3-19(23)11-20)13-27-8-7-18-10-17(5-6-22(18)27)21-12-24-26-25-21/h2-8,10-12,15-16H,9,13-14H2,1H3,(H,24,25,26)/t15-,16?/m1/s1. The lowest BCUT2D eigenvalue weighted by atomic mass is 10.1. The van der Waals surface area contributed by atoms with E-state index in [0.29, 0.717) is 13.1 Å². The van der Waals surface area contributed by atoms with Gasteiger partial charge in [0.15, 0.2) is 0 Å². The minimum Gasteiger partial charge on any atom is -0.347 e. The summed E-state index contributed by atoms with van der Waals surface area (Å²) in [5.41, 5.74) is 2.87. The van der Waals surface area contributed by atoms with Crippen molar-refractivity contribution in [1.82, 2.24) is 24.3 Å². The molecule has 0 bridgehead atoms. The van der Waals surface area contributed by atoms with Crippen molar-refractivity contribution in [1.29, 1.82) is 0 Å². The summed E-state index contributed by atoms with van der Waals surface area (Å²) in [5.74, 6) is -0.377. The molecule has 31 heavy (non-hydrogen) atoms. The topological polar surface area (TPSA) is 83.9 Å². The van der Waals surface area contributed by atoms with Crippen LogP contribution in [0.1, 0.15) is 13.3 Å². The summed E-state index contributed by atoms with van der Waals surface area (Å²) < 4.78 is 43.3. The second kappa shape index (κ2) is 7.58. The van der Waals surface area contributed by atoms with E-state index in [4.69, 9.17) is 0 Å². The third-order valence-electron chi connectivity index (χ3n) is 5.94. The monoisotopic (exact) mass is 439 g/mol. The quantitative estimate of drug-likeness (QED) is 0.514. The van der Waals surface area contributed by atoms with Gasteiger partial charge in [-0.1, -0.05) is 12.1 Å². The van der Waals surface area contributed by atoms with Gasteiger partial charge in [0.1, 0.15) is 11.5 Å². The summed E-state index contributed by atoms with van der Waals surface area (Å²) in [4.78, 5) is 0.00630. The molecular weight excluding hydrogens is 417 g/mol. The lowest BCUT2D eigenvalue weighted by molar-refractivity contribution is 0.399. The van der Waals surface area contributed by atoms with Crippen LogP contribution in [0.3, 0.4) is 0 Å². The molecule has 2 atom stereocenters. The molecule has 1 saturated heterocycles. The highest BCUT2D eigenvalue weighted by Crippen LogP contribution is 2.32. The first-order valence-corrected chi connectivity index (χ1v) is 11.6. The predicted octanol–water partition coefficient (Wildman–Crippen LogP) is 3.66. The van der Waals surface area contributed by atoms with Crippen LogP contribution >= 0.6 is 0 Å². The minimum atomic E-state index is -3.73. The number of halogens is 1. The van der Waals surface area contributed by atoms with Crippen molar-refractivity contribution >= 4 is 20.9 Å². The van der Waals surface area contributed by atoms with E-state index in [0.717, 1.165) is 34.6 Å². The number of hydrogen-bond donors (Lipinski definition) is 1. The smallest absolute Gasteiger partial charge is 0.243 e. The molecule has 7 nitrogen and oxygen atoms in total. The first kappa shape index (κ1) is 19.9. The Balaban J connectivity index is 1.36. The molecule has 1 unspecified atom stereocenters. The van der Waals surface area contributed by atoms with Gasteiger partial charge in [0.2, 0.25) is 10.0 Å². The van der Waals surface area contributed by atoms with Gasteiger partial charge >= 0.3 is 0 Å². The van der Waals surface area contributed by atoms with Crippen LogP contribution in [0.2, 0.25) is 0 Å². The SMILES string of the molecule is C[C@@H]1CC(Cn2ccc3cc(-c4cn[nH]n4)ccc32)CN1S(=O)(=O)c1cccc(F)c1. The van der Waals surface area contributed by atoms with Gasteiger partial charge in [-0.25, -0.2) is 12.8 Å². The van der Waals surface area contributed by atoms with Crippen LogP contribution in [0.15, 0.2) is 65.8 Å². The molecule has 3 heterocycles. The lowest BCUT2D eigenvalue weighted by Crippen LogP contribution is -2.34. The fourth-order valence-corrected chi connectivity index (χ4v) is 6.23. The van der Waals surface area contributed by atoms with Gasteiger partial charge in [-0.2, -0.15) is 19.7 Å². The van der Waals surface area contributed by atoms with Crippen LogP contribution in [0.25, 0.3) is 22.2 Å². The van der Waals surface area contributed by atoms with Crippen molar-refractivity contribution in [2.45, 2.75) is 30.8 Å². The molecule has 2 aromatic heterocycles. The van der Waals surface area contributed by atoms with Crippen LogP contribution in [0.4, 0.5) is 4.39 Å². The molecule has 0 amide bonds. The van der Waals surface area contributed by atoms with Gasteiger partial charge in [0, 0.05) is 41.8 Å². The predicted molar refractivity (Wildman–Crippen MR) is 115 cm³/mol. The van der Waals surface area contributed by atoms with E-state index in [2.05, 4.69) is 38.2 Å². The number of rotatable bonds is 5. The Morgan fingerprint density at radius 2 is 2.06 bits per heavy atom. The van der Waals surface area contributed by atoms with Crippen LogP contribution in [-0.2, 0) is 16.6 Å². The maximum atomic E-state index is 13.6. The van der Waals surface area contributed by atoms with Crippen molar-refractivity contribution in [2.75, 3.05) is 6.54 Å². The van der Waals surface area contributed by atoms with Crippen LogP contribution in [0, 0.1) is 11.7 Å². The molecule has 0 radical (unpaired) electrons. The zero-order valence-electron chi connectivity index (χ0n) is 16.9. The zero-order valence-corrected chi connectivity index (χ0v) is 17.8. The summed E-state index contributed by atoms with van der Waals surface area (Å²) >= 11 is 0. The van der Waals surface area contributed by atoms with E-state index in [1.54, 1.807) is 6.20 Å². The van der Waals surface area contributed by atoms with E-state index in [9.17, 15) is 12.8 Å². The summed E-state index contributed by atoms with van der Waals surface area (Å²) in [6.45, 7) is 3.04. The normalized spacial score (nSPS) is 19.9. The fraction of sp³-hybridized carbons (Fsp3) is 0.273. The van der Waals surface area contributed by atoms with Crippen molar-refractivity contribution < 1.29 is 12.8 Å². The van der Waals surface area contributed by atoms with Gasteiger partial charge in [-0.05, 0) is 55.7 Å². The van der Waals surface area contributed by atoms with E-state index >= 15 is 0 Å². The molecule has 1 aliphatic heterocycles. The van der Waals surface area contributed by atoms with E-state index < -0.39 is 15.8 Å². The van der Waals surface area contributed by atoms with Gasteiger partial charge in [-0.3, -0.25) is 0 Å². The lowest BCUT2D eigenvalue weighted by Gasteiger charge is -2.21. The van der Waals surface area contributed by atoms with E-state index in [1.165, 1.54) is 22.5 Å². The maximum absolute atomic E-state index is 13.6. The van der Waals surface area contributed by atoms with Gasteiger partial charge in [0.25, 0.3) is 0 Å². The highest BCUT2D eigenvalue weighted by molar-refractivity contribution is 7.89. The van der Waals surface area contributed by atoms with E-state index in [1.807, 2.05) is 19.2 Å². The Hall–Kier alpha value is -3.04. The average Bonchev–Trinajstić information content (AvgIpc) is 3.49. The molecular formula is C22H22FN5O2S. The molecule has 0 spiro atoms. The molecule has 5 rings (SSSR count). The third kappa shape index (κ3) is 3.64. The van der Waals surface area contributed by atoms with Crippen molar-refractivity contribution in [3.8, 4) is 11.3 Å². The van der Waals surface area contributed by atoms with Gasteiger partial charge in [0.05, 0.1) is 11.1 Å². The number of aromatic nitrogens is 4. The minimum absolute atomic E-state index is 0.00630. The van der Waals surface area contributed by atoms with Gasteiger partial charge in [-0.15, -0.1) is 0 Å². The van der Waals surface area contributed by atoms with E-state index in [-0.39, 0.29) is 16.9 Å². The number of nitrogens with zero attached hydrogens (tertiary/aromatic N) is 4. The Morgan fingerprint density at radius 3 is 2.84 bits per heavy atom. The Kier molecular flexibility index (Phi) is 4.86. The number of benzene rings is 2. The van der Waals surface area contributed by atoms with Crippen LogP contribution in [-0.4, -0.2) is 45.3 Å². The Bertz CT molecular complexity index is 1330. The van der Waals surface area contributed by atoms with Crippen molar-refractivity contribution in [3.63, 3.8) is 0 Å². The first-order valence-electron chi connectivity index (χ1n) is 10.1. The Morgan fingerprint density at radius 1 is 1.19 bits per heavy atom. The molecule has 9 heteroatoms. The molecule has 0 aliphatic carbocycles. The average molecular weight is 440 g/mol. The molecule has 1 fully saturated rings. The summed E-state index contributed by atoms with van der Waals surface area (Å²) in [6.07, 6.45) is 4.47. The number of H-pyrrole nitrogens is 1. The molecule has 4 aromatic rings. The fourth-order valence-electron chi connectivity index (χ4n) is 4.48. The zero-order chi connectivity index (χ0) is 21.6. The largest absolute Gasteiger partial charge is 0.347 e. The third-order valence-corrected chi connectivity index (χ3v) is 7.92. The number of nitrogens with one attached hydrogen (secondary N) is 1. The van der Waals surface area contributed by atoms with Crippen molar-refractivity contribution in [3.05, 3.63) is 66.7 Å². The number of fused-ring (bicyclic) bond motifs is 1. The maximum Gasteiger partial charge on any atom is 0.243 e. The molecule has 1 aliphatic rings. The molecule has 160 valence electrons. The summed E-state index contributed by atoms with van der Waals surface area (Å²) in [6, 6.07) is 13.3. The number of hydrogen-bond acceptors (Lipinski definition) is 4. The second-order valence-electron chi connectivity index (χ2n) is 8.08. The molecule has 1 N–H and O–H groups in total. The number of sulfonamides is 1. The highest BCUT2D eigenvalue weighted by atomic mass is 32.2.